The maximum Gasteiger partial charge on any atom is 0.222 e. The van der Waals surface area contributed by atoms with Gasteiger partial charge in [0, 0.05) is 35.1 Å². The number of H-pyrrole nitrogens is 1. The lowest BCUT2D eigenvalue weighted by molar-refractivity contribution is 0.471. The number of pyridine rings is 1. The zero-order valence-corrected chi connectivity index (χ0v) is 15.3. The molecule has 0 aliphatic carbocycles. The number of phenols is 1. The number of phenolic OH excluding ortho intramolecular Hbond substituents is 1. The summed E-state index contributed by atoms with van der Waals surface area (Å²) in [6.45, 7) is 3.78. The van der Waals surface area contributed by atoms with Crippen LogP contribution in [0.1, 0.15) is 16.7 Å². The second-order valence-corrected chi connectivity index (χ2v) is 6.58. The molecule has 1 aromatic carbocycles. The Bertz CT molecular complexity index is 1220. The van der Waals surface area contributed by atoms with Gasteiger partial charge in [-0.05, 0) is 54.3 Å². The number of aromatic hydroxyl groups is 1. The number of nitrogens with zero attached hydrogens (tertiary/aromatic N) is 4. The number of fused-ring (bicyclic) bond motifs is 1. The Kier molecular flexibility index (Phi) is 4.02. The van der Waals surface area contributed by atoms with Crippen molar-refractivity contribution >= 4 is 22.6 Å². The first-order valence-corrected chi connectivity index (χ1v) is 8.56. The number of rotatable bonds is 2. The molecule has 0 bridgehead atoms. The SMILES string of the molecule is Cc1ccc(O)c(C)c1-c1cnc2[nH]c(-c3cnc(Cl)nc3)cc2c1C#N. The van der Waals surface area contributed by atoms with E-state index in [4.69, 9.17) is 11.6 Å². The summed E-state index contributed by atoms with van der Waals surface area (Å²) in [4.78, 5) is 15.7. The highest BCUT2D eigenvalue weighted by Crippen LogP contribution is 2.37. The van der Waals surface area contributed by atoms with Crippen LogP contribution in [0.25, 0.3) is 33.4 Å². The summed E-state index contributed by atoms with van der Waals surface area (Å²) >= 11 is 5.75. The molecule has 0 saturated heterocycles. The van der Waals surface area contributed by atoms with Gasteiger partial charge in [0.1, 0.15) is 17.5 Å². The van der Waals surface area contributed by atoms with Crippen LogP contribution in [0.5, 0.6) is 5.75 Å². The number of aromatic nitrogens is 4. The molecule has 27 heavy (non-hydrogen) atoms. The van der Waals surface area contributed by atoms with Gasteiger partial charge in [0.15, 0.2) is 0 Å². The smallest absolute Gasteiger partial charge is 0.222 e. The normalized spacial score (nSPS) is 10.9. The van der Waals surface area contributed by atoms with Crippen molar-refractivity contribution < 1.29 is 5.11 Å². The molecule has 3 aromatic heterocycles. The molecular formula is C20H14ClN5O. The molecule has 0 fully saturated rings. The summed E-state index contributed by atoms with van der Waals surface area (Å²) in [5.41, 5.74) is 5.76. The molecule has 0 unspecified atom stereocenters. The minimum absolute atomic E-state index is 0.169. The zero-order valence-electron chi connectivity index (χ0n) is 14.6. The van der Waals surface area contributed by atoms with Crippen LogP contribution in [-0.4, -0.2) is 25.0 Å². The van der Waals surface area contributed by atoms with Crippen LogP contribution in [0, 0.1) is 25.2 Å². The number of benzene rings is 1. The van der Waals surface area contributed by atoms with E-state index in [1.165, 1.54) is 0 Å². The first-order valence-electron chi connectivity index (χ1n) is 8.19. The number of nitrogens with one attached hydrogen (secondary N) is 1. The Morgan fingerprint density at radius 3 is 2.56 bits per heavy atom. The predicted molar refractivity (Wildman–Crippen MR) is 103 cm³/mol. The van der Waals surface area contributed by atoms with Crippen molar-refractivity contribution in [2.75, 3.05) is 0 Å². The van der Waals surface area contributed by atoms with E-state index in [0.717, 1.165) is 27.9 Å². The summed E-state index contributed by atoms with van der Waals surface area (Å²) in [5.74, 6) is 0.188. The molecule has 7 heteroatoms. The number of halogens is 1. The van der Waals surface area contributed by atoms with E-state index in [9.17, 15) is 10.4 Å². The quantitative estimate of drug-likeness (QED) is 0.501. The summed E-state index contributed by atoms with van der Waals surface area (Å²) in [5, 5.41) is 20.8. The van der Waals surface area contributed by atoms with Crippen molar-refractivity contribution in [3.8, 4) is 34.2 Å². The second kappa shape index (κ2) is 6.38. The van der Waals surface area contributed by atoms with Crippen LogP contribution >= 0.6 is 11.6 Å². The van der Waals surface area contributed by atoms with Gasteiger partial charge in [0.25, 0.3) is 0 Å². The van der Waals surface area contributed by atoms with Crippen LogP contribution in [-0.2, 0) is 0 Å². The number of hydrogen-bond donors (Lipinski definition) is 2. The van der Waals surface area contributed by atoms with Crippen molar-refractivity contribution in [1.29, 1.82) is 5.26 Å². The van der Waals surface area contributed by atoms with Crippen molar-refractivity contribution in [3.63, 3.8) is 0 Å². The Labute approximate surface area is 160 Å². The van der Waals surface area contributed by atoms with E-state index in [1.807, 2.05) is 26.0 Å². The van der Waals surface area contributed by atoms with Gasteiger partial charge in [0.2, 0.25) is 5.28 Å². The molecule has 0 atom stereocenters. The molecule has 4 rings (SSSR count). The molecule has 0 saturated carbocycles. The van der Waals surface area contributed by atoms with Crippen LogP contribution < -0.4 is 0 Å². The largest absolute Gasteiger partial charge is 0.508 e. The lowest BCUT2D eigenvalue weighted by atomic mass is 9.92. The standard InChI is InChI=1S/C20H14ClN5O/c1-10-3-4-17(27)11(2)18(10)15-9-23-19-13(14(15)6-22)5-16(26-19)12-7-24-20(21)25-8-12/h3-5,7-9,27H,1-2H3,(H,23,26). The minimum Gasteiger partial charge on any atom is -0.508 e. The van der Waals surface area contributed by atoms with Gasteiger partial charge in [0.05, 0.1) is 11.3 Å². The first kappa shape index (κ1) is 17.0. The molecule has 6 nitrogen and oxygen atoms in total. The molecule has 4 aromatic rings. The van der Waals surface area contributed by atoms with Gasteiger partial charge in [-0.1, -0.05) is 6.07 Å². The Hall–Kier alpha value is -3.43. The van der Waals surface area contributed by atoms with Gasteiger partial charge in [-0.25, -0.2) is 15.0 Å². The van der Waals surface area contributed by atoms with Gasteiger partial charge in [-0.3, -0.25) is 0 Å². The van der Waals surface area contributed by atoms with Crippen molar-refractivity contribution in [1.82, 2.24) is 19.9 Å². The van der Waals surface area contributed by atoms with Gasteiger partial charge in [-0.15, -0.1) is 0 Å². The monoisotopic (exact) mass is 375 g/mol. The summed E-state index contributed by atoms with van der Waals surface area (Å²) in [6.07, 6.45) is 4.88. The van der Waals surface area contributed by atoms with E-state index in [1.54, 1.807) is 24.7 Å². The van der Waals surface area contributed by atoms with Crippen LogP contribution in [0.15, 0.2) is 36.8 Å². The zero-order chi connectivity index (χ0) is 19.1. The highest BCUT2D eigenvalue weighted by Gasteiger charge is 2.18. The summed E-state index contributed by atoms with van der Waals surface area (Å²) < 4.78 is 0. The number of hydrogen-bond acceptors (Lipinski definition) is 5. The van der Waals surface area contributed by atoms with E-state index < -0.39 is 0 Å². The lowest BCUT2D eigenvalue weighted by Crippen LogP contribution is -1.94. The highest BCUT2D eigenvalue weighted by atomic mass is 35.5. The third kappa shape index (κ3) is 2.78. The van der Waals surface area contributed by atoms with Crippen molar-refractivity contribution in [3.05, 3.63) is 58.8 Å². The topological polar surface area (TPSA) is 98.5 Å². The third-order valence-electron chi connectivity index (χ3n) is 4.62. The predicted octanol–water partition coefficient (Wildman–Crippen LogP) is 4.53. The molecular weight excluding hydrogens is 362 g/mol. The molecule has 3 heterocycles. The number of nitriles is 1. The summed E-state index contributed by atoms with van der Waals surface area (Å²) in [7, 11) is 0. The van der Waals surface area contributed by atoms with Crippen molar-refractivity contribution in [2.24, 2.45) is 0 Å². The van der Waals surface area contributed by atoms with Gasteiger partial charge >= 0.3 is 0 Å². The van der Waals surface area contributed by atoms with Gasteiger partial charge < -0.3 is 10.1 Å². The van der Waals surface area contributed by atoms with Crippen LogP contribution in [0.4, 0.5) is 0 Å². The van der Waals surface area contributed by atoms with E-state index in [-0.39, 0.29) is 11.0 Å². The molecule has 0 radical (unpaired) electrons. The van der Waals surface area contributed by atoms with E-state index in [2.05, 4.69) is 26.0 Å². The Balaban J connectivity index is 1.96. The third-order valence-corrected chi connectivity index (χ3v) is 4.81. The molecule has 0 spiro atoms. The fourth-order valence-electron chi connectivity index (χ4n) is 3.24. The maximum absolute atomic E-state index is 10.1. The molecule has 0 aliphatic rings. The molecule has 0 amide bonds. The minimum atomic E-state index is 0.169. The van der Waals surface area contributed by atoms with Crippen molar-refractivity contribution in [2.45, 2.75) is 13.8 Å². The number of aryl methyl sites for hydroxylation is 1. The Morgan fingerprint density at radius 2 is 1.85 bits per heavy atom. The molecule has 0 aliphatic heterocycles. The lowest BCUT2D eigenvalue weighted by Gasteiger charge is -2.13. The average molecular weight is 376 g/mol. The fraction of sp³-hybridized carbons (Fsp3) is 0.100. The highest BCUT2D eigenvalue weighted by molar-refractivity contribution is 6.28. The first-order chi connectivity index (χ1) is 13.0. The second-order valence-electron chi connectivity index (χ2n) is 6.25. The van der Waals surface area contributed by atoms with E-state index in [0.29, 0.717) is 22.2 Å². The fourth-order valence-corrected chi connectivity index (χ4v) is 3.34. The van der Waals surface area contributed by atoms with Crippen LogP contribution in [0.3, 0.4) is 0 Å². The molecule has 132 valence electrons. The Morgan fingerprint density at radius 1 is 1.11 bits per heavy atom. The van der Waals surface area contributed by atoms with E-state index >= 15 is 0 Å². The average Bonchev–Trinajstić information content (AvgIpc) is 3.09. The van der Waals surface area contributed by atoms with Crippen LogP contribution in [0.2, 0.25) is 5.28 Å². The van der Waals surface area contributed by atoms with Gasteiger partial charge in [-0.2, -0.15) is 5.26 Å². The number of aromatic amines is 1. The molecule has 2 N–H and O–H groups in total. The summed E-state index contributed by atoms with van der Waals surface area (Å²) in [6, 6.07) is 7.63. The maximum atomic E-state index is 10.1.